The number of aryl methyl sites for hydroxylation is 3. The molecule has 41 heavy (non-hydrogen) atoms. The number of carbonyl (C=O) groups excluding carboxylic acids is 2. The molecule has 3 rings (SSSR count). The van der Waals surface area contributed by atoms with Gasteiger partial charge in [0, 0.05) is 17.1 Å². The highest BCUT2D eigenvalue weighted by Crippen LogP contribution is 2.29. The Bertz CT molecular complexity index is 1500. The van der Waals surface area contributed by atoms with E-state index in [1.54, 1.807) is 48.5 Å². The number of hydrogen-bond donors (Lipinski definition) is 1. The molecular formula is C32H40ClN3O4S. The van der Waals surface area contributed by atoms with Crippen molar-refractivity contribution in [2.45, 2.75) is 77.9 Å². The van der Waals surface area contributed by atoms with Crippen LogP contribution in [0.25, 0.3) is 0 Å². The molecule has 0 fully saturated rings. The molecule has 3 aromatic carbocycles. The normalized spacial score (nSPS) is 12.5. The summed E-state index contributed by atoms with van der Waals surface area (Å²) in [4.78, 5) is 29.2. The van der Waals surface area contributed by atoms with E-state index in [2.05, 4.69) is 5.32 Å². The van der Waals surface area contributed by atoms with Gasteiger partial charge in [0.15, 0.2) is 0 Å². The fourth-order valence-corrected chi connectivity index (χ4v) is 6.29. The maximum atomic E-state index is 14.2. The van der Waals surface area contributed by atoms with E-state index in [9.17, 15) is 18.0 Å². The van der Waals surface area contributed by atoms with Gasteiger partial charge in [-0.1, -0.05) is 72.1 Å². The van der Waals surface area contributed by atoms with Crippen LogP contribution in [-0.2, 0) is 26.2 Å². The van der Waals surface area contributed by atoms with E-state index in [4.69, 9.17) is 11.6 Å². The fourth-order valence-electron chi connectivity index (χ4n) is 4.62. The summed E-state index contributed by atoms with van der Waals surface area (Å²) in [5.41, 5.74) is 3.13. The van der Waals surface area contributed by atoms with Gasteiger partial charge in [0.25, 0.3) is 10.0 Å². The van der Waals surface area contributed by atoms with Gasteiger partial charge in [-0.15, -0.1) is 0 Å². The molecule has 9 heteroatoms. The van der Waals surface area contributed by atoms with E-state index in [1.165, 1.54) is 4.90 Å². The molecule has 0 aliphatic carbocycles. The number of sulfonamides is 1. The van der Waals surface area contributed by atoms with Gasteiger partial charge in [0.05, 0.1) is 10.6 Å². The molecule has 0 spiro atoms. The van der Waals surface area contributed by atoms with Gasteiger partial charge < -0.3 is 10.2 Å². The number of rotatable bonds is 10. The Morgan fingerprint density at radius 2 is 1.54 bits per heavy atom. The lowest BCUT2D eigenvalue weighted by Crippen LogP contribution is -2.55. The van der Waals surface area contributed by atoms with Gasteiger partial charge in [0.2, 0.25) is 11.8 Å². The zero-order chi connectivity index (χ0) is 30.5. The maximum absolute atomic E-state index is 14.2. The molecule has 0 aliphatic heterocycles. The van der Waals surface area contributed by atoms with Gasteiger partial charge >= 0.3 is 0 Å². The lowest BCUT2D eigenvalue weighted by atomic mass is 10.1. The van der Waals surface area contributed by atoms with E-state index in [0.717, 1.165) is 15.4 Å². The smallest absolute Gasteiger partial charge is 0.264 e. The van der Waals surface area contributed by atoms with Crippen molar-refractivity contribution in [1.29, 1.82) is 0 Å². The van der Waals surface area contributed by atoms with Crippen molar-refractivity contribution in [3.63, 3.8) is 0 Å². The van der Waals surface area contributed by atoms with Crippen molar-refractivity contribution in [1.82, 2.24) is 10.2 Å². The van der Waals surface area contributed by atoms with Crippen LogP contribution in [0.3, 0.4) is 0 Å². The molecule has 0 aromatic heterocycles. The molecule has 0 saturated carbocycles. The summed E-state index contributed by atoms with van der Waals surface area (Å²) in [6.07, 6.45) is 0.326. The van der Waals surface area contributed by atoms with Crippen LogP contribution >= 0.6 is 11.6 Å². The highest BCUT2D eigenvalue weighted by molar-refractivity contribution is 7.92. The van der Waals surface area contributed by atoms with E-state index in [-0.39, 0.29) is 17.3 Å². The first kappa shape index (κ1) is 32.2. The number of nitrogens with zero attached hydrogens (tertiary/aromatic N) is 2. The summed E-state index contributed by atoms with van der Waals surface area (Å²) in [5, 5.41) is 3.42. The third-order valence-corrected chi connectivity index (χ3v) is 8.83. The van der Waals surface area contributed by atoms with Gasteiger partial charge in [-0.3, -0.25) is 13.9 Å². The molecule has 0 unspecified atom stereocenters. The second kappa shape index (κ2) is 13.1. The van der Waals surface area contributed by atoms with Crippen molar-refractivity contribution >= 4 is 39.1 Å². The fraction of sp³-hybridized carbons (Fsp3) is 0.375. The van der Waals surface area contributed by atoms with Crippen molar-refractivity contribution in [3.8, 4) is 0 Å². The van der Waals surface area contributed by atoms with Crippen LogP contribution in [0.2, 0.25) is 5.02 Å². The number of anilines is 1. The van der Waals surface area contributed by atoms with Crippen LogP contribution in [0.5, 0.6) is 0 Å². The zero-order valence-electron chi connectivity index (χ0n) is 24.9. The minimum absolute atomic E-state index is 0.0415. The van der Waals surface area contributed by atoms with E-state index >= 15 is 0 Å². The van der Waals surface area contributed by atoms with Crippen LogP contribution in [0.1, 0.15) is 56.4 Å². The Hall–Kier alpha value is -3.36. The van der Waals surface area contributed by atoms with Crippen molar-refractivity contribution in [2.75, 3.05) is 10.8 Å². The zero-order valence-corrected chi connectivity index (χ0v) is 26.4. The van der Waals surface area contributed by atoms with Crippen LogP contribution in [0.4, 0.5) is 5.69 Å². The number of hydrogen-bond acceptors (Lipinski definition) is 4. The quantitative estimate of drug-likeness (QED) is 0.302. The molecular weight excluding hydrogens is 558 g/mol. The highest BCUT2D eigenvalue weighted by Gasteiger charge is 2.35. The lowest BCUT2D eigenvalue weighted by Gasteiger charge is -2.35. The summed E-state index contributed by atoms with van der Waals surface area (Å²) in [5.74, 6) is -0.837. The Morgan fingerprint density at radius 3 is 2.10 bits per heavy atom. The third kappa shape index (κ3) is 8.11. The number of nitrogens with one attached hydrogen (secondary N) is 1. The maximum Gasteiger partial charge on any atom is 0.264 e. The number of carbonyl (C=O) groups is 2. The standard InChI is InChI=1S/C32H40ClN3O4S/c1-8-28(31(38)34-32(5,6)7)35(20-25-11-9-10-12-27(25)33)30(37)21-36(29-18-15-23(3)19-24(29)4)41(39,40)26-16-13-22(2)14-17-26/h9-19,28H,8,20-21H2,1-7H3,(H,34,38)/t28-/m0/s1. The molecule has 1 N–H and O–H groups in total. The second-order valence-corrected chi connectivity index (χ2v) is 13.7. The topological polar surface area (TPSA) is 86.8 Å². The average Bonchev–Trinajstić information content (AvgIpc) is 2.87. The predicted octanol–water partition coefficient (Wildman–Crippen LogP) is 6.18. The molecule has 0 heterocycles. The van der Waals surface area contributed by atoms with Crippen molar-refractivity contribution in [3.05, 3.63) is 94.0 Å². The highest BCUT2D eigenvalue weighted by atomic mass is 35.5. The molecule has 3 aromatic rings. The van der Waals surface area contributed by atoms with Crippen molar-refractivity contribution < 1.29 is 18.0 Å². The summed E-state index contributed by atoms with van der Waals surface area (Å²) in [6, 6.07) is 18.2. The van der Waals surface area contributed by atoms with Gasteiger partial charge in [-0.2, -0.15) is 0 Å². The first-order chi connectivity index (χ1) is 19.1. The largest absolute Gasteiger partial charge is 0.350 e. The minimum Gasteiger partial charge on any atom is -0.350 e. The van der Waals surface area contributed by atoms with E-state index in [0.29, 0.717) is 28.3 Å². The Morgan fingerprint density at radius 1 is 0.927 bits per heavy atom. The molecule has 220 valence electrons. The Labute approximate surface area is 249 Å². The SMILES string of the molecule is CC[C@@H](C(=O)NC(C)(C)C)N(Cc1ccccc1Cl)C(=O)CN(c1ccc(C)cc1C)S(=O)(=O)c1ccc(C)cc1. The number of halogens is 1. The van der Waals surface area contributed by atoms with Crippen LogP contribution in [-0.4, -0.2) is 43.3 Å². The van der Waals surface area contributed by atoms with Crippen LogP contribution < -0.4 is 9.62 Å². The lowest BCUT2D eigenvalue weighted by molar-refractivity contribution is -0.141. The molecule has 2 amide bonds. The molecule has 0 saturated heterocycles. The Balaban J connectivity index is 2.12. The molecule has 7 nitrogen and oxygen atoms in total. The molecule has 0 bridgehead atoms. The predicted molar refractivity (Wildman–Crippen MR) is 166 cm³/mol. The van der Waals surface area contributed by atoms with Gasteiger partial charge in [0.1, 0.15) is 12.6 Å². The Kier molecular flexibility index (Phi) is 10.3. The van der Waals surface area contributed by atoms with E-state index < -0.39 is 34.1 Å². The summed E-state index contributed by atoms with van der Waals surface area (Å²) >= 11 is 6.46. The van der Waals surface area contributed by atoms with Crippen LogP contribution in [0, 0.1) is 20.8 Å². The van der Waals surface area contributed by atoms with Gasteiger partial charge in [-0.25, -0.2) is 8.42 Å². The van der Waals surface area contributed by atoms with Gasteiger partial charge in [-0.05, 0) is 83.4 Å². The number of amides is 2. The minimum atomic E-state index is -4.14. The molecule has 0 radical (unpaired) electrons. The first-order valence-corrected chi connectivity index (χ1v) is 15.5. The van der Waals surface area contributed by atoms with E-state index in [1.807, 2.05) is 66.7 Å². The summed E-state index contributed by atoms with van der Waals surface area (Å²) in [6.45, 7) is 12.6. The number of benzene rings is 3. The first-order valence-electron chi connectivity index (χ1n) is 13.7. The van der Waals surface area contributed by atoms with Crippen molar-refractivity contribution in [2.24, 2.45) is 0 Å². The molecule has 1 atom stereocenters. The molecule has 0 aliphatic rings. The summed E-state index contributed by atoms with van der Waals surface area (Å²) in [7, 11) is -4.14. The van der Waals surface area contributed by atoms with Crippen LogP contribution in [0.15, 0.2) is 71.6 Å². The monoisotopic (exact) mass is 597 g/mol. The third-order valence-electron chi connectivity index (χ3n) is 6.69. The second-order valence-electron chi connectivity index (χ2n) is 11.4. The summed E-state index contributed by atoms with van der Waals surface area (Å²) < 4.78 is 29.3. The average molecular weight is 598 g/mol.